The van der Waals surface area contributed by atoms with Crippen molar-refractivity contribution in [2.45, 2.75) is 58.8 Å². The summed E-state index contributed by atoms with van der Waals surface area (Å²) in [5, 5.41) is 2.56. The van der Waals surface area contributed by atoms with Gasteiger partial charge >= 0.3 is 0 Å². The smallest absolute Gasteiger partial charge is 0.00642 e. The monoisotopic (exact) mass is 267 g/mol. The van der Waals surface area contributed by atoms with Gasteiger partial charge in [0.1, 0.15) is 0 Å². The fourth-order valence-electron chi connectivity index (χ4n) is 3.03. The summed E-state index contributed by atoms with van der Waals surface area (Å²) < 4.78 is 0. The molecule has 0 aliphatic heterocycles. The Bertz CT molecular complexity index is 512. The lowest BCUT2D eigenvalue weighted by Crippen LogP contribution is -2.05. The second-order valence-electron chi connectivity index (χ2n) is 5.93. The summed E-state index contributed by atoms with van der Waals surface area (Å²) >= 11 is 0. The predicted octanol–water partition coefficient (Wildman–Crippen LogP) is 6.18. The topological polar surface area (TPSA) is 0 Å². The molecular weight excluding hydrogens is 240 g/mol. The molecule has 0 spiro atoms. The third kappa shape index (κ3) is 4.37. The molecule has 1 radical (unpaired) electrons. The summed E-state index contributed by atoms with van der Waals surface area (Å²) in [4.78, 5) is 0. The zero-order valence-corrected chi connectivity index (χ0v) is 13.0. The molecule has 0 N–H and O–H groups in total. The van der Waals surface area contributed by atoms with E-state index in [0.717, 1.165) is 5.92 Å². The summed E-state index contributed by atoms with van der Waals surface area (Å²) in [5.41, 5.74) is 1.39. The highest BCUT2D eigenvalue weighted by molar-refractivity contribution is 5.82. The van der Waals surface area contributed by atoms with Crippen molar-refractivity contribution in [2.75, 3.05) is 0 Å². The molecule has 107 valence electrons. The quantitative estimate of drug-likeness (QED) is 0.501. The van der Waals surface area contributed by atoms with Crippen LogP contribution in [0.5, 0.6) is 0 Å². The Balaban J connectivity index is 2.03. The van der Waals surface area contributed by atoms with Gasteiger partial charge in [-0.2, -0.15) is 0 Å². The van der Waals surface area contributed by atoms with Crippen LogP contribution in [0.2, 0.25) is 0 Å². The lowest BCUT2D eigenvalue weighted by atomic mass is 9.89. The number of hydrogen-bond donors (Lipinski definition) is 0. The molecule has 0 fully saturated rings. The molecule has 2 rings (SSSR count). The Morgan fingerprint density at radius 3 is 2.55 bits per heavy atom. The van der Waals surface area contributed by atoms with Gasteiger partial charge in [-0.3, -0.25) is 0 Å². The average Bonchev–Trinajstić information content (AvgIpc) is 2.47. The van der Waals surface area contributed by atoms with Gasteiger partial charge in [0.2, 0.25) is 0 Å². The van der Waals surface area contributed by atoms with Crippen LogP contribution in [-0.2, 0) is 6.42 Å². The predicted molar refractivity (Wildman–Crippen MR) is 89.0 cm³/mol. The minimum Gasteiger partial charge on any atom is -0.0654 e. The van der Waals surface area contributed by atoms with Gasteiger partial charge in [0.15, 0.2) is 0 Å². The van der Waals surface area contributed by atoms with Crippen molar-refractivity contribution >= 4 is 10.8 Å². The van der Waals surface area contributed by atoms with Crippen molar-refractivity contribution in [2.24, 2.45) is 5.92 Å². The maximum absolute atomic E-state index is 3.61. The Hall–Kier alpha value is -1.30. The molecule has 0 saturated heterocycles. The van der Waals surface area contributed by atoms with Crippen molar-refractivity contribution < 1.29 is 0 Å². The number of fused-ring (bicyclic) bond motifs is 1. The van der Waals surface area contributed by atoms with Crippen molar-refractivity contribution in [3.63, 3.8) is 0 Å². The minimum atomic E-state index is 0.837. The van der Waals surface area contributed by atoms with Crippen molar-refractivity contribution in [3.05, 3.63) is 48.0 Å². The molecule has 0 amide bonds. The second kappa shape index (κ2) is 8.09. The van der Waals surface area contributed by atoms with Crippen LogP contribution in [-0.4, -0.2) is 0 Å². The Labute approximate surface area is 124 Å². The van der Waals surface area contributed by atoms with E-state index in [1.807, 2.05) is 0 Å². The maximum atomic E-state index is 3.61. The zero-order valence-electron chi connectivity index (χ0n) is 13.0. The fourth-order valence-corrected chi connectivity index (χ4v) is 3.03. The molecule has 0 aliphatic carbocycles. The van der Waals surface area contributed by atoms with E-state index in [4.69, 9.17) is 0 Å². The molecule has 0 heterocycles. The first-order valence-electron chi connectivity index (χ1n) is 8.23. The normalized spacial score (nSPS) is 12.7. The Morgan fingerprint density at radius 2 is 1.75 bits per heavy atom. The standard InChI is InChI=1S/C20H27/c1-3-5-6-10-17(9-4-2)15-18-13-14-19-11-7-8-12-20(19)16-18/h7-8,11-14,17H,3-6,9-10,15H2,1-2H3. The van der Waals surface area contributed by atoms with Crippen LogP contribution in [0.1, 0.15) is 57.9 Å². The second-order valence-corrected chi connectivity index (χ2v) is 5.93. The van der Waals surface area contributed by atoms with Gasteiger partial charge < -0.3 is 0 Å². The summed E-state index contributed by atoms with van der Waals surface area (Å²) in [6.45, 7) is 4.59. The third-order valence-corrected chi connectivity index (χ3v) is 4.14. The lowest BCUT2D eigenvalue weighted by Gasteiger charge is -2.16. The summed E-state index contributed by atoms with van der Waals surface area (Å²) in [5.74, 6) is 0.837. The van der Waals surface area contributed by atoms with Gasteiger partial charge in [-0.05, 0) is 34.7 Å². The van der Waals surface area contributed by atoms with Gasteiger partial charge in [-0.25, -0.2) is 0 Å². The van der Waals surface area contributed by atoms with E-state index in [0.29, 0.717) is 0 Å². The highest BCUT2D eigenvalue weighted by atomic mass is 14.1. The maximum Gasteiger partial charge on any atom is -0.00642 e. The highest BCUT2D eigenvalue weighted by Crippen LogP contribution is 2.23. The van der Waals surface area contributed by atoms with Gasteiger partial charge in [-0.1, -0.05) is 88.8 Å². The molecule has 0 aliphatic rings. The van der Waals surface area contributed by atoms with Crippen LogP contribution in [0.4, 0.5) is 0 Å². The van der Waals surface area contributed by atoms with E-state index in [1.165, 1.54) is 61.3 Å². The zero-order chi connectivity index (χ0) is 14.2. The van der Waals surface area contributed by atoms with Crippen molar-refractivity contribution in [1.82, 2.24) is 0 Å². The molecule has 1 atom stereocenters. The van der Waals surface area contributed by atoms with Crippen LogP contribution < -0.4 is 0 Å². The first kappa shape index (κ1) is 15.1. The SMILES string of the molecule is CCCCCC(CCC)Cc1[c]c2ccccc2cc1. The molecule has 0 nitrogen and oxygen atoms in total. The first-order chi connectivity index (χ1) is 9.83. The fraction of sp³-hybridized carbons (Fsp3) is 0.500. The molecule has 0 bridgehead atoms. The van der Waals surface area contributed by atoms with Gasteiger partial charge in [0.05, 0.1) is 0 Å². The molecule has 0 saturated carbocycles. The third-order valence-electron chi connectivity index (χ3n) is 4.14. The largest absolute Gasteiger partial charge is 0.0654 e. The molecule has 0 heteroatoms. The van der Waals surface area contributed by atoms with E-state index in [9.17, 15) is 0 Å². The van der Waals surface area contributed by atoms with Crippen LogP contribution in [0.25, 0.3) is 10.8 Å². The van der Waals surface area contributed by atoms with Crippen LogP contribution in [0, 0.1) is 12.0 Å². The summed E-state index contributed by atoms with van der Waals surface area (Å²) in [6, 6.07) is 16.7. The van der Waals surface area contributed by atoms with E-state index in [-0.39, 0.29) is 0 Å². The Morgan fingerprint density at radius 1 is 0.900 bits per heavy atom. The number of rotatable bonds is 8. The Kier molecular flexibility index (Phi) is 6.11. The molecule has 2 aromatic rings. The average molecular weight is 267 g/mol. The first-order valence-corrected chi connectivity index (χ1v) is 8.23. The highest BCUT2D eigenvalue weighted by Gasteiger charge is 2.09. The van der Waals surface area contributed by atoms with Gasteiger partial charge in [0, 0.05) is 0 Å². The molecule has 1 unspecified atom stereocenters. The number of benzene rings is 2. The van der Waals surface area contributed by atoms with Gasteiger partial charge in [0.25, 0.3) is 0 Å². The van der Waals surface area contributed by atoms with Crippen LogP contribution in [0.15, 0.2) is 36.4 Å². The van der Waals surface area contributed by atoms with E-state index >= 15 is 0 Å². The van der Waals surface area contributed by atoms with Gasteiger partial charge in [-0.15, -0.1) is 0 Å². The van der Waals surface area contributed by atoms with E-state index < -0.39 is 0 Å². The minimum absolute atomic E-state index is 0.837. The van der Waals surface area contributed by atoms with E-state index in [1.54, 1.807) is 0 Å². The van der Waals surface area contributed by atoms with Crippen molar-refractivity contribution in [1.29, 1.82) is 0 Å². The van der Waals surface area contributed by atoms with E-state index in [2.05, 4.69) is 56.3 Å². The summed E-state index contributed by atoms with van der Waals surface area (Å²) in [6.07, 6.45) is 9.30. The van der Waals surface area contributed by atoms with Crippen LogP contribution in [0.3, 0.4) is 0 Å². The number of hydrogen-bond acceptors (Lipinski definition) is 0. The summed E-state index contributed by atoms with van der Waals surface area (Å²) in [7, 11) is 0. The lowest BCUT2D eigenvalue weighted by molar-refractivity contribution is 0.422. The van der Waals surface area contributed by atoms with Crippen LogP contribution >= 0.6 is 0 Å². The molecule has 2 aromatic carbocycles. The number of unbranched alkanes of at least 4 members (excludes halogenated alkanes) is 2. The molecule has 20 heavy (non-hydrogen) atoms. The molecular formula is C20H27. The van der Waals surface area contributed by atoms with Crippen molar-refractivity contribution in [3.8, 4) is 0 Å². The molecule has 0 aromatic heterocycles.